The molecule has 0 aliphatic rings. The lowest BCUT2D eigenvalue weighted by atomic mass is 10.5. The van der Waals surface area contributed by atoms with Crippen LogP contribution in [0.2, 0.25) is 0 Å². The number of nitrogens with one attached hydrogen (secondary N) is 2. The molecule has 0 fully saturated rings. The summed E-state index contributed by atoms with van der Waals surface area (Å²) in [6.07, 6.45) is 2.97. The number of carbonyl (C=O) groups excluding carboxylic acids is 1. The Hall–Kier alpha value is -1.61. The number of amides is 1. The van der Waals surface area contributed by atoms with E-state index >= 15 is 0 Å². The van der Waals surface area contributed by atoms with Gasteiger partial charge in [-0.25, -0.2) is 13.1 Å². The Labute approximate surface area is 118 Å². The number of rotatable bonds is 8. The standard InChI is InChI=1S/C11H21N5O3S/c1-3-5-13-10(17)7-14-20(18,19)9-8-16(6-4-2)15-11(9)12/h8,14H,3-7H2,1-2H3,(H2,12,15)(H,13,17). The minimum Gasteiger partial charge on any atom is -0.381 e. The molecule has 0 spiro atoms. The molecule has 0 atom stereocenters. The Bertz CT molecular complexity index is 552. The SMILES string of the molecule is CCCNC(=O)CNS(=O)(=O)c1cn(CCC)nc1N. The Morgan fingerprint density at radius 2 is 2.10 bits per heavy atom. The highest BCUT2D eigenvalue weighted by atomic mass is 32.2. The number of carbonyl (C=O) groups is 1. The van der Waals surface area contributed by atoms with E-state index in [4.69, 9.17) is 5.73 Å². The number of nitrogen functional groups attached to an aromatic ring is 1. The van der Waals surface area contributed by atoms with Gasteiger partial charge in [-0.1, -0.05) is 13.8 Å². The van der Waals surface area contributed by atoms with Gasteiger partial charge in [0.05, 0.1) is 6.54 Å². The average Bonchev–Trinajstić information content (AvgIpc) is 2.76. The number of aryl methyl sites for hydroxylation is 1. The Morgan fingerprint density at radius 1 is 1.40 bits per heavy atom. The molecule has 0 aromatic carbocycles. The highest BCUT2D eigenvalue weighted by Gasteiger charge is 2.21. The Kier molecular flexibility index (Phi) is 5.96. The quantitative estimate of drug-likeness (QED) is 0.608. The second-order valence-electron chi connectivity index (χ2n) is 4.32. The Morgan fingerprint density at radius 3 is 2.70 bits per heavy atom. The molecule has 0 aliphatic carbocycles. The van der Waals surface area contributed by atoms with Crippen molar-refractivity contribution >= 4 is 21.7 Å². The van der Waals surface area contributed by atoms with E-state index in [0.29, 0.717) is 13.1 Å². The van der Waals surface area contributed by atoms with E-state index in [9.17, 15) is 13.2 Å². The first-order chi connectivity index (χ1) is 9.40. The minimum atomic E-state index is -3.83. The first-order valence-electron chi connectivity index (χ1n) is 6.50. The monoisotopic (exact) mass is 303 g/mol. The van der Waals surface area contributed by atoms with Crippen molar-refractivity contribution in [2.24, 2.45) is 0 Å². The van der Waals surface area contributed by atoms with Crippen LogP contribution in [0.5, 0.6) is 0 Å². The summed E-state index contributed by atoms with van der Waals surface area (Å²) in [6.45, 7) is 4.63. The summed E-state index contributed by atoms with van der Waals surface area (Å²) in [5, 5.41) is 6.50. The molecular weight excluding hydrogens is 282 g/mol. The van der Waals surface area contributed by atoms with E-state index in [1.54, 1.807) is 0 Å². The van der Waals surface area contributed by atoms with Gasteiger partial charge < -0.3 is 11.1 Å². The van der Waals surface area contributed by atoms with E-state index in [1.165, 1.54) is 10.9 Å². The summed E-state index contributed by atoms with van der Waals surface area (Å²) < 4.78 is 27.7. The Balaban J connectivity index is 2.71. The van der Waals surface area contributed by atoms with Crippen LogP contribution in [-0.4, -0.2) is 37.2 Å². The average molecular weight is 303 g/mol. The predicted molar refractivity (Wildman–Crippen MR) is 75.4 cm³/mol. The molecular formula is C11H21N5O3S. The zero-order chi connectivity index (χ0) is 15.2. The first kappa shape index (κ1) is 16.4. The fraction of sp³-hybridized carbons (Fsp3) is 0.636. The number of sulfonamides is 1. The van der Waals surface area contributed by atoms with Gasteiger partial charge in [-0.2, -0.15) is 5.10 Å². The van der Waals surface area contributed by atoms with Crippen LogP contribution >= 0.6 is 0 Å². The largest absolute Gasteiger partial charge is 0.381 e. The molecule has 1 aromatic rings. The summed E-state index contributed by atoms with van der Waals surface area (Å²) in [6, 6.07) is 0. The van der Waals surface area contributed by atoms with Crippen molar-refractivity contribution in [3.8, 4) is 0 Å². The molecule has 1 rings (SSSR count). The molecule has 1 aromatic heterocycles. The molecule has 0 unspecified atom stereocenters. The lowest BCUT2D eigenvalue weighted by molar-refractivity contribution is -0.119. The summed E-state index contributed by atoms with van der Waals surface area (Å²) in [5.41, 5.74) is 5.59. The molecule has 114 valence electrons. The molecule has 0 aliphatic heterocycles. The van der Waals surface area contributed by atoms with Crippen LogP contribution in [-0.2, 0) is 21.4 Å². The van der Waals surface area contributed by atoms with E-state index in [-0.39, 0.29) is 23.2 Å². The summed E-state index contributed by atoms with van der Waals surface area (Å²) in [5.74, 6) is -0.449. The molecule has 9 heteroatoms. The molecule has 1 amide bonds. The molecule has 0 bridgehead atoms. The number of hydrogen-bond acceptors (Lipinski definition) is 5. The maximum Gasteiger partial charge on any atom is 0.246 e. The van der Waals surface area contributed by atoms with Crippen LogP contribution < -0.4 is 15.8 Å². The maximum absolute atomic E-state index is 12.0. The van der Waals surface area contributed by atoms with Gasteiger partial charge in [0.1, 0.15) is 4.90 Å². The van der Waals surface area contributed by atoms with Gasteiger partial charge in [0.25, 0.3) is 0 Å². The second-order valence-corrected chi connectivity index (χ2v) is 6.05. The van der Waals surface area contributed by atoms with Gasteiger partial charge in [-0.05, 0) is 12.8 Å². The van der Waals surface area contributed by atoms with Crippen molar-refractivity contribution in [3.63, 3.8) is 0 Å². The molecule has 8 nitrogen and oxygen atoms in total. The molecule has 0 saturated carbocycles. The fourth-order valence-corrected chi connectivity index (χ4v) is 2.59. The van der Waals surface area contributed by atoms with Gasteiger partial charge in [0.2, 0.25) is 15.9 Å². The zero-order valence-corrected chi connectivity index (χ0v) is 12.5. The third-order valence-corrected chi connectivity index (χ3v) is 3.91. The van der Waals surface area contributed by atoms with Gasteiger partial charge >= 0.3 is 0 Å². The molecule has 20 heavy (non-hydrogen) atoms. The summed E-state index contributed by atoms with van der Waals surface area (Å²) >= 11 is 0. The van der Waals surface area contributed by atoms with E-state index in [0.717, 1.165) is 12.8 Å². The lowest BCUT2D eigenvalue weighted by Gasteiger charge is -2.06. The number of nitrogens with two attached hydrogens (primary N) is 1. The summed E-state index contributed by atoms with van der Waals surface area (Å²) in [4.78, 5) is 11.3. The third kappa shape index (κ3) is 4.49. The topological polar surface area (TPSA) is 119 Å². The van der Waals surface area contributed by atoms with Gasteiger partial charge in [0.15, 0.2) is 5.82 Å². The van der Waals surface area contributed by atoms with Crippen LogP contribution in [0, 0.1) is 0 Å². The van der Waals surface area contributed by atoms with Crippen LogP contribution in [0.3, 0.4) is 0 Å². The predicted octanol–water partition coefficient (Wildman–Crippen LogP) is -0.320. The van der Waals surface area contributed by atoms with Crippen LogP contribution in [0.1, 0.15) is 26.7 Å². The van der Waals surface area contributed by atoms with Crippen LogP contribution in [0.25, 0.3) is 0 Å². The van der Waals surface area contributed by atoms with E-state index in [2.05, 4.69) is 15.1 Å². The van der Waals surface area contributed by atoms with Crippen molar-refractivity contribution in [1.82, 2.24) is 19.8 Å². The fourth-order valence-electron chi connectivity index (χ4n) is 1.53. The van der Waals surface area contributed by atoms with Crippen molar-refractivity contribution in [3.05, 3.63) is 6.20 Å². The zero-order valence-electron chi connectivity index (χ0n) is 11.7. The highest BCUT2D eigenvalue weighted by Crippen LogP contribution is 2.15. The smallest absolute Gasteiger partial charge is 0.246 e. The van der Waals surface area contributed by atoms with Crippen LogP contribution in [0.15, 0.2) is 11.1 Å². The maximum atomic E-state index is 12.0. The molecule has 0 radical (unpaired) electrons. The van der Waals surface area contributed by atoms with Crippen molar-refractivity contribution in [2.75, 3.05) is 18.8 Å². The first-order valence-corrected chi connectivity index (χ1v) is 7.98. The number of hydrogen-bond donors (Lipinski definition) is 3. The molecule has 1 heterocycles. The lowest BCUT2D eigenvalue weighted by Crippen LogP contribution is -2.37. The third-order valence-electron chi connectivity index (χ3n) is 2.49. The van der Waals surface area contributed by atoms with E-state index < -0.39 is 10.0 Å². The van der Waals surface area contributed by atoms with Gasteiger partial charge in [0, 0.05) is 19.3 Å². The van der Waals surface area contributed by atoms with Crippen LogP contribution in [0.4, 0.5) is 5.82 Å². The summed E-state index contributed by atoms with van der Waals surface area (Å²) in [7, 11) is -3.83. The van der Waals surface area contributed by atoms with Gasteiger partial charge in [-0.15, -0.1) is 0 Å². The molecule has 4 N–H and O–H groups in total. The number of nitrogens with zero attached hydrogens (tertiary/aromatic N) is 2. The normalized spacial score (nSPS) is 11.5. The second kappa shape index (κ2) is 7.25. The molecule has 0 saturated heterocycles. The van der Waals surface area contributed by atoms with Gasteiger partial charge in [-0.3, -0.25) is 9.48 Å². The number of aromatic nitrogens is 2. The van der Waals surface area contributed by atoms with Crippen molar-refractivity contribution in [1.29, 1.82) is 0 Å². The van der Waals surface area contributed by atoms with Crippen molar-refractivity contribution in [2.45, 2.75) is 38.1 Å². The van der Waals surface area contributed by atoms with E-state index in [1.807, 2.05) is 13.8 Å². The highest BCUT2D eigenvalue weighted by molar-refractivity contribution is 7.89. The van der Waals surface area contributed by atoms with Crippen molar-refractivity contribution < 1.29 is 13.2 Å². The number of anilines is 1. The minimum absolute atomic E-state index is 0.0695.